The van der Waals surface area contributed by atoms with Crippen molar-refractivity contribution < 1.29 is 9.90 Å². The number of aromatic amines is 1. The first-order valence-corrected chi connectivity index (χ1v) is 8.28. The fourth-order valence-electron chi connectivity index (χ4n) is 3.58. The maximum atomic E-state index is 12.7. The number of hydrogen-bond acceptors (Lipinski definition) is 3. The van der Waals surface area contributed by atoms with Gasteiger partial charge in [0.25, 0.3) is 5.91 Å². The highest BCUT2D eigenvalue weighted by atomic mass is 16.3. The molecule has 0 spiro atoms. The van der Waals surface area contributed by atoms with Gasteiger partial charge in [-0.05, 0) is 50.7 Å². The van der Waals surface area contributed by atoms with Crippen LogP contribution in [0.3, 0.4) is 0 Å². The van der Waals surface area contributed by atoms with Crippen LogP contribution in [0.1, 0.15) is 44.1 Å². The molecule has 0 bridgehead atoms. The normalized spacial score (nSPS) is 22.5. The highest BCUT2D eigenvalue weighted by Crippen LogP contribution is 2.31. The largest absolute Gasteiger partial charge is 0.390 e. The summed E-state index contributed by atoms with van der Waals surface area (Å²) in [5.74, 6) is 0.908. The average Bonchev–Trinajstić information content (AvgIpc) is 2.91. The second-order valence-corrected chi connectivity index (χ2v) is 7.44. The molecule has 0 aliphatic carbocycles. The minimum Gasteiger partial charge on any atom is -0.390 e. The number of H-pyrrole nitrogens is 1. The van der Waals surface area contributed by atoms with Gasteiger partial charge in [0.1, 0.15) is 5.69 Å². The highest BCUT2D eigenvalue weighted by molar-refractivity contribution is 5.97. The third kappa shape index (κ3) is 3.55. The lowest BCUT2D eigenvalue weighted by atomic mass is 9.80. The Morgan fingerprint density at radius 1 is 1.52 bits per heavy atom. The predicted octanol–water partition coefficient (Wildman–Crippen LogP) is 2.82. The zero-order valence-corrected chi connectivity index (χ0v) is 14.0. The van der Waals surface area contributed by atoms with Gasteiger partial charge in [-0.1, -0.05) is 6.92 Å². The average molecular weight is 315 g/mol. The van der Waals surface area contributed by atoms with Crippen molar-refractivity contribution in [3.05, 3.63) is 30.2 Å². The quantitative estimate of drug-likeness (QED) is 0.915. The molecule has 1 amide bonds. The zero-order chi connectivity index (χ0) is 16.6. The molecule has 2 aromatic heterocycles. The van der Waals surface area contributed by atoms with Gasteiger partial charge in [-0.2, -0.15) is 0 Å². The van der Waals surface area contributed by atoms with Crippen molar-refractivity contribution in [3.8, 4) is 0 Å². The van der Waals surface area contributed by atoms with Gasteiger partial charge in [-0.3, -0.25) is 9.78 Å². The molecule has 1 saturated heterocycles. The second-order valence-electron chi connectivity index (χ2n) is 7.44. The van der Waals surface area contributed by atoms with Crippen LogP contribution in [0.15, 0.2) is 24.5 Å². The van der Waals surface area contributed by atoms with Crippen LogP contribution in [-0.4, -0.2) is 44.6 Å². The molecular formula is C18H25N3O2. The van der Waals surface area contributed by atoms with Crippen LogP contribution >= 0.6 is 0 Å². The number of aromatic nitrogens is 2. The van der Waals surface area contributed by atoms with Gasteiger partial charge in [0, 0.05) is 36.4 Å². The number of nitrogens with zero attached hydrogens (tertiary/aromatic N) is 2. The van der Waals surface area contributed by atoms with E-state index in [0.29, 0.717) is 17.5 Å². The molecule has 2 aromatic rings. The lowest BCUT2D eigenvalue weighted by Crippen LogP contribution is -2.44. The minimum atomic E-state index is -0.644. The number of rotatable bonds is 3. The van der Waals surface area contributed by atoms with Crippen molar-refractivity contribution in [2.24, 2.45) is 11.8 Å². The number of aliphatic hydroxyl groups is 1. The second kappa shape index (κ2) is 5.96. The maximum absolute atomic E-state index is 12.7. The molecule has 5 nitrogen and oxygen atoms in total. The van der Waals surface area contributed by atoms with Crippen molar-refractivity contribution in [3.63, 3.8) is 0 Å². The molecule has 124 valence electrons. The monoisotopic (exact) mass is 315 g/mol. The standard InChI is InChI=1S/C18H25N3O2/c1-12-11-21(7-5-13(12)9-18(2,3)23)17(22)16-8-14-10-19-6-4-15(14)20-16/h4,6,8,10,12-13,20,23H,5,7,9,11H2,1-3H3. The Morgan fingerprint density at radius 2 is 2.30 bits per heavy atom. The third-order valence-corrected chi connectivity index (χ3v) is 4.78. The number of pyridine rings is 1. The Kier molecular flexibility index (Phi) is 4.15. The molecule has 3 rings (SSSR count). The Morgan fingerprint density at radius 3 is 2.96 bits per heavy atom. The van der Waals surface area contributed by atoms with Crippen LogP contribution in [0, 0.1) is 11.8 Å². The minimum absolute atomic E-state index is 0.0507. The fourth-order valence-corrected chi connectivity index (χ4v) is 3.58. The van der Waals surface area contributed by atoms with Crippen LogP contribution in [0.4, 0.5) is 0 Å². The summed E-state index contributed by atoms with van der Waals surface area (Å²) in [7, 11) is 0. The number of carbonyl (C=O) groups is 1. The van der Waals surface area contributed by atoms with Crippen LogP contribution in [-0.2, 0) is 0 Å². The number of amides is 1. The van der Waals surface area contributed by atoms with E-state index in [1.165, 1.54) is 0 Å². The SMILES string of the molecule is CC1CN(C(=O)c2cc3cnccc3[nH]2)CCC1CC(C)(C)O. The first-order valence-electron chi connectivity index (χ1n) is 8.28. The van der Waals surface area contributed by atoms with E-state index >= 15 is 0 Å². The third-order valence-electron chi connectivity index (χ3n) is 4.78. The van der Waals surface area contributed by atoms with Gasteiger partial charge in [-0.25, -0.2) is 0 Å². The van der Waals surface area contributed by atoms with E-state index in [1.807, 2.05) is 30.9 Å². The van der Waals surface area contributed by atoms with Crippen LogP contribution in [0.5, 0.6) is 0 Å². The van der Waals surface area contributed by atoms with E-state index in [-0.39, 0.29) is 5.91 Å². The molecule has 2 unspecified atom stereocenters. The van der Waals surface area contributed by atoms with E-state index in [4.69, 9.17) is 0 Å². The van der Waals surface area contributed by atoms with Gasteiger partial charge in [-0.15, -0.1) is 0 Å². The Hall–Kier alpha value is -1.88. The van der Waals surface area contributed by atoms with Crippen LogP contribution in [0.25, 0.3) is 10.9 Å². The van der Waals surface area contributed by atoms with Crippen LogP contribution in [0.2, 0.25) is 0 Å². The van der Waals surface area contributed by atoms with E-state index in [0.717, 1.165) is 36.8 Å². The number of nitrogens with one attached hydrogen (secondary N) is 1. The summed E-state index contributed by atoms with van der Waals surface area (Å²) in [6, 6.07) is 3.75. The summed E-state index contributed by atoms with van der Waals surface area (Å²) in [6.45, 7) is 7.38. The summed E-state index contributed by atoms with van der Waals surface area (Å²) in [5, 5.41) is 11.0. The van der Waals surface area contributed by atoms with E-state index in [1.54, 1.807) is 12.4 Å². The lowest BCUT2D eigenvalue weighted by molar-refractivity contribution is 0.0200. The molecule has 23 heavy (non-hydrogen) atoms. The van der Waals surface area contributed by atoms with Gasteiger partial charge in [0.15, 0.2) is 0 Å². The van der Waals surface area contributed by atoms with Crippen molar-refractivity contribution in [2.45, 2.75) is 39.2 Å². The molecule has 0 radical (unpaired) electrons. The molecular weight excluding hydrogens is 290 g/mol. The van der Waals surface area contributed by atoms with Crippen molar-refractivity contribution in [1.82, 2.24) is 14.9 Å². The fraction of sp³-hybridized carbons (Fsp3) is 0.556. The van der Waals surface area contributed by atoms with Crippen molar-refractivity contribution >= 4 is 16.8 Å². The Bertz CT molecular complexity index is 669. The summed E-state index contributed by atoms with van der Waals surface area (Å²) in [6.07, 6.45) is 5.21. The lowest BCUT2D eigenvalue weighted by Gasteiger charge is -2.39. The summed E-state index contributed by atoms with van der Waals surface area (Å²) in [4.78, 5) is 21.9. The molecule has 1 fully saturated rings. The highest BCUT2D eigenvalue weighted by Gasteiger charge is 2.32. The van der Waals surface area contributed by atoms with Crippen LogP contribution < -0.4 is 0 Å². The first kappa shape index (κ1) is 16.0. The number of likely N-dealkylation sites (tertiary alicyclic amines) is 1. The van der Waals surface area contributed by atoms with Gasteiger partial charge < -0.3 is 15.0 Å². The van der Waals surface area contributed by atoms with E-state index in [2.05, 4.69) is 16.9 Å². The van der Waals surface area contributed by atoms with Crippen molar-refractivity contribution in [2.75, 3.05) is 13.1 Å². The number of piperidine rings is 1. The molecule has 2 N–H and O–H groups in total. The summed E-state index contributed by atoms with van der Waals surface area (Å²) < 4.78 is 0. The molecule has 2 atom stereocenters. The summed E-state index contributed by atoms with van der Waals surface area (Å²) >= 11 is 0. The van der Waals surface area contributed by atoms with Crippen molar-refractivity contribution in [1.29, 1.82) is 0 Å². The predicted molar refractivity (Wildman–Crippen MR) is 90.2 cm³/mol. The Labute approximate surface area is 136 Å². The first-order chi connectivity index (χ1) is 10.8. The topological polar surface area (TPSA) is 69.2 Å². The maximum Gasteiger partial charge on any atom is 0.270 e. The van der Waals surface area contributed by atoms with Gasteiger partial charge >= 0.3 is 0 Å². The molecule has 5 heteroatoms. The molecule has 3 heterocycles. The smallest absolute Gasteiger partial charge is 0.270 e. The molecule has 0 aromatic carbocycles. The zero-order valence-electron chi connectivity index (χ0n) is 14.0. The van der Waals surface area contributed by atoms with Gasteiger partial charge in [0.05, 0.1) is 5.60 Å². The summed E-state index contributed by atoms with van der Waals surface area (Å²) in [5.41, 5.74) is 0.921. The number of hydrogen-bond donors (Lipinski definition) is 2. The number of carbonyl (C=O) groups excluding carboxylic acids is 1. The molecule has 1 aliphatic heterocycles. The molecule has 0 saturated carbocycles. The van der Waals surface area contributed by atoms with Gasteiger partial charge in [0.2, 0.25) is 0 Å². The number of fused-ring (bicyclic) bond motifs is 1. The molecule has 1 aliphatic rings. The van der Waals surface area contributed by atoms with E-state index in [9.17, 15) is 9.90 Å². The Balaban J connectivity index is 1.69. The van der Waals surface area contributed by atoms with E-state index < -0.39 is 5.60 Å².